The van der Waals surface area contributed by atoms with E-state index in [1.165, 1.54) is 12.8 Å². The van der Waals surface area contributed by atoms with E-state index in [1.54, 1.807) is 0 Å². The smallest absolute Gasteiger partial charge is 0.106 e. The molecule has 1 rings (SSSR count). The lowest BCUT2D eigenvalue weighted by Gasteiger charge is -1.90. The summed E-state index contributed by atoms with van der Waals surface area (Å²) in [6.45, 7) is 5.88. The van der Waals surface area contributed by atoms with Crippen LogP contribution < -0.4 is 0 Å². The Morgan fingerprint density at radius 1 is 1.70 bits per heavy atom. The molecule has 1 N–H and O–H groups in total. The number of aromatic amines is 1. The summed E-state index contributed by atoms with van der Waals surface area (Å²) in [5.41, 5.74) is 0.839. The SMILES string of the molecule is [CH2]c1c[nH]c(CCCC)n1. The molecule has 55 valence electrons. The highest BCUT2D eigenvalue weighted by Crippen LogP contribution is 1.99. The van der Waals surface area contributed by atoms with Crippen molar-refractivity contribution in [2.45, 2.75) is 26.2 Å². The molecule has 0 amide bonds. The van der Waals surface area contributed by atoms with E-state index in [-0.39, 0.29) is 0 Å². The van der Waals surface area contributed by atoms with Crippen LogP contribution in [-0.4, -0.2) is 9.97 Å². The number of aromatic nitrogens is 2. The first-order valence-electron chi connectivity index (χ1n) is 3.69. The minimum atomic E-state index is 0.839. The predicted octanol–water partition coefficient (Wildman–Crippen LogP) is 1.93. The monoisotopic (exact) mass is 137 g/mol. The van der Waals surface area contributed by atoms with Crippen molar-refractivity contribution in [2.24, 2.45) is 0 Å². The van der Waals surface area contributed by atoms with E-state index in [0.29, 0.717) is 0 Å². The van der Waals surface area contributed by atoms with E-state index in [4.69, 9.17) is 0 Å². The minimum absolute atomic E-state index is 0.839. The van der Waals surface area contributed by atoms with Gasteiger partial charge < -0.3 is 4.98 Å². The Morgan fingerprint density at radius 3 is 3.00 bits per heavy atom. The molecule has 1 aromatic heterocycles. The van der Waals surface area contributed by atoms with Gasteiger partial charge in [-0.15, -0.1) is 0 Å². The summed E-state index contributed by atoms with van der Waals surface area (Å²) in [5, 5.41) is 0. The molecule has 0 bridgehead atoms. The Balaban J connectivity index is 2.42. The highest BCUT2D eigenvalue weighted by molar-refractivity contribution is 5.03. The molecule has 1 radical (unpaired) electrons. The highest BCUT2D eigenvalue weighted by Gasteiger charge is 1.94. The zero-order chi connectivity index (χ0) is 7.40. The van der Waals surface area contributed by atoms with Gasteiger partial charge in [-0.1, -0.05) is 13.3 Å². The van der Waals surface area contributed by atoms with Crippen LogP contribution in [0.15, 0.2) is 6.20 Å². The van der Waals surface area contributed by atoms with E-state index in [0.717, 1.165) is 17.9 Å². The van der Waals surface area contributed by atoms with Gasteiger partial charge in [0.1, 0.15) is 5.82 Å². The summed E-state index contributed by atoms with van der Waals surface area (Å²) in [4.78, 5) is 7.25. The first kappa shape index (κ1) is 7.32. The standard InChI is InChI=1S/C8H13N2/c1-3-4-5-8-9-6-7(2)10-8/h6H,2-5H2,1H3,(H,9,10). The second kappa shape index (κ2) is 3.40. The second-order valence-electron chi connectivity index (χ2n) is 2.44. The van der Waals surface area contributed by atoms with Crippen molar-refractivity contribution in [1.29, 1.82) is 0 Å². The maximum Gasteiger partial charge on any atom is 0.106 e. The maximum atomic E-state index is 4.18. The van der Waals surface area contributed by atoms with Crippen LogP contribution >= 0.6 is 0 Å². The second-order valence-corrected chi connectivity index (χ2v) is 2.44. The number of hydrogen-bond acceptors (Lipinski definition) is 1. The predicted molar refractivity (Wildman–Crippen MR) is 41.7 cm³/mol. The number of imidazole rings is 1. The van der Waals surface area contributed by atoms with Crippen molar-refractivity contribution in [3.8, 4) is 0 Å². The Kier molecular flexibility index (Phi) is 2.49. The molecule has 0 saturated carbocycles. The van der Waals surface area contributed by atoms with Crippen LogP contribution in [0.3, 0.4) is 0 Å². The van der Waals surface area contributed by atoms with Crippen molar-refractivity contribution in [1.82, 2.24) is 9.97 Å². The molecule has 1 aromatic rings. The van der Waals surface area contributed by atoms with Gasteiger partial charge in [-0.2, -0.15) is 0 Å². The molecule has 0 atom stereocenters. The van der Waals surface area contributed by atoms with Crippen LogP contribution in [0.4, 0.5) is 0 Å². The number of rotatable bonds is 3. The summed E-state index contributed by atoms with van der Waals surface area (Å²) in [5.74, 6) is 1.06. The Hall–Kier alpha value is -0.790. The van der Waals surface area contributed by atoms with Gasteiger partial charge in [0, 0.05) is 12.6 Å². The van der Waals surface area contributed by atoms with Gasteiger partial charge >= 0.3 is 0 Å². The third-order valence-electron chi connectivity index (χ3n) is 1.45. The summed E-state index contributed by atoms with van der Waals surface area (Å²) in [7, 11) is 0. The summed E-state index contributed by atoms with van der Waals surface area (Å²) in [6, 6.07) is 0. The van der Waals surface area contributed by atoms with Gasteiger partial charge in [-0.25, -0.2) is 4.98 Å². The highest BCUT2D eigenvalue weighted by atomic mass is 14.9. The molecule has 2 heteroatoms. The molecule has 2 nitrogen and oxygen atoms in total. The van der Waals surface area contributed by atoms with E-state index >= 15 is 0 Å². The third kappa shape index (κ3) is 1.87. The van der Waals surface area contributed by atoms with E-state index in [2.05, 4.69) is 23.8 Å². The fourth-order valence-electron chi connectivity index (χ4n) is 0.877. The topological polar surface area (TPSA) is 28.7 Å². The normalized spacial score (nSPS) is 10.2. The molecule has 0 aliphatic heterocycles. The Morgan fingerprint density at radius 2 is 2.50 bits per heavy atom. The van der Waals surface area contributed by atoms with Crippen LogP contribution in [-0.2, 0) is 6.42 Å². The zero-order valence-electron chi connectivity index (χ0n) is 6.35. The number of nitrogens with zero attached hydrogens (tertiary/aromatic N) is 1. The molecule has 0 saturated heterocycles. The number of H-pyrrole nitrogens is 1. The van der Waals surface area contributed by atoms with Crippen LogP contribution in [0.25, 0.3) is 0 Å². The molecule has 1 heterocycles. The third-order valence-corrected chi connectivity index (χ3v) is 1.45. The van der Waals surface area contributed by atoms with E-state index < -0.39 is 0 Å². The van der Waals surface area contributed by atoms with E-state index in [1.807, 2.05) is 6.20 Å². The molecule has 0 aliphatic carbocycles. The minimum Gasteiger partial charge on any atom is -0.348 e. The molecule has 0 aromatic carbocycles. The fourth-order valence-corrected chi connectivity index (χ4v) is 0.877. The summed E-state index contributed by atoms with van der Waals surface area (Å²) >= 11 is 0. The molecule has 0 spiro atoms. The van der Waals surface area contributed by atoms with Crippen molar-refractivity contribution in [3.63, 3.8) is 0 Å². The largest absolute Gasteiger partial charge is 0.348 e. The number of aryl methyl sites for hydroxylation is 1. The quantitative estimate of drug-likeness (QED) is 0.677. The number of unbranched alkanes of at least 4 members (excludes halogenated alkanes) is 1. The first-order chi connectivity index (χ1) is 4.83. The lowest BCUT2D eigenvalue weighted by molar-refractivity contribution is 0.762. The maximum absolute atomic E-state index is 4.18. The average molecular weight is 137 g/mol. The summed E-state index contributed by atoms with van der Waals surface area (Å²) < 4.78 is 0. The van der Waals surface area contributed by atoms with Crippen LogP contribution in [0.5, 0.6) is 0 Å². The zero-order valence-corrected chi connectivity index (χ0v) is 6.35. The van der Waals surface area contributed by atoms with Gasteiger partial charge in [-0.05, 0) is 13.3 Å². The van der Waals surface area contributed by atoms with E-state index in [9.17, 15) is 0 Å². The fraction of sp³-hybridized carbons (Fsp3) is 0.500. The Bertz CT molecular complexity index is 191. The summed E-state index contributed by atoms with van der Waals surface area (Å²) in [6.07, 6.45) is 5.30. The van der Waals surface area contributed by atoms with Crippen LogP contribution in [0, 0.1) is 6.92 Å². The van der Waals surface area contributed by atoms with Crippen LogP contribution in [0.1, 0.15) is 31.3 Å². The molecule has 0 fully saturated rings. The van der Waals surface area contributed by atoms with Gasteiger partial charge in [0.15, 0.2) is 0 Å². The van der Waals surface area contributed by atoms with Crippen LogP contribution in [0.2, 0.25) is 0 Å². The van der Waals surface area contributed by atoms with Crippen molar-refractivity contribution in [3.05, 3.63) is 24.6 Å². The Labute approximate surface area is 61.7 Å². The number of nitrogens with one attached hydrogen (secondary N) is 1. The lowest BCUT2D eigenvalue weighted by atomic mass is 10.2. The van der Waals surface area contributed by atoms with Crippen molar-refractivity contribution in [2.75, 3.05) is 0 Å². The average Bonchev–Trinajstić information content (AvgIpc) is 2.31. The van der Waals surface area contributed by atoms with Crippen molar-refractivity contribution >= 4 is 0 Å². The van der Waals surface area contributed by atoms with Crippen molar-refractivity contribution < 1.29 is 0 Å². The molecule has 0 aliphatic rings. The van der Waals surface area contributed by atoms with Gasteiger partial charge in [0.2, 0.25) is 0 Å². The molecular weight excluding hydrogens is 124 g/mol. The van der Waals surface area contributed by atoms with Gasteiger partial charge in [-0.3, -0.25) is 0 Å². The first-order valence-corrected chi connectivity index (χ1v) is 3.69. The number of hydrogen-bond donors (Lipinski definition) is 1. The molecule has 0 unspecified atom stereocenters. The van der Waals surface area contributed by atoms with Gasteiger partial charge in [0.25, 0.3) is 0 Å². The van der Waals surface area contributed by atoms with Gasteiger partial charge in [0.05, 0.1) is 5.69 Å². The molecule has 10 heavy (non-hydrogen) atoms. The molecular formula is C8H13N2. The lowest BCUT2D eigenvalue weighted by Crippen LogP contribution is -1.86.